The minimum atomic E-state index is -0.153. The fourth-order valence-corrected chi connectivity index (χ4v) is 3.48. The highest BCUT2D eigenvalue weighted by Gasteiger charge is 2.32. The normalized spacial score (nSPS) is 21.0. The fourth-order valence-electron chi connectivity index (χ4n) is 3.20. The Labute approximate surface area is 142 Å². The van der Waals surface area contributed by atoms with E-state index in [1.54, 1.807) is 0 Å². The first-order valence-corrected chi connectivity index (χ1v) is 8.75. The molecule has 5 heteroatoms. The topological polar surface area (TPSA) is 46.6 Å². The lowest BCUT2D eigenvalue weighted by molar-refractivity contribution is -0.145. The molecule has 0 radical (unpaired) electrons. The van der Waals surface area contributed by atoms with Crippen LogP contribution in [0.2, 0.25) is 0 Å². The lowest BCUT2D eigenvalue weighted by atomic mass is 9.81. The summed E-state index contributed by atoms with van der Waals surface area (Å²) in [6, 6.07) is 9.32. The van der Waals surface area contributed by atoms with Crippen molar-refractivity contribution in [1.82, 2.24) is 4.90 Å². The van der Waals surface area contributed by atoms with Crippen LogP contribution in [0.15, 0.2) is 30.3 Å². The third-order valence-corrected chi connectivity index (χ3v) is 4.63. The van der Waals surface area contributed by atoms with Crippen molar-refractivity contribution in [2.75, 3.05) is 25.6 Å². The number of ether oxygens (including phenoxy) is 1. The molecule has 1 heterocycles. The highest BCUT2D eigenvalue weighted by molar-refractivity contribution is 6.17. The minimum Gasteiger partial charge on any atom is -0.466 e. The molecule has 2 atom stereocenters. The van der Waals surface area contributed by atoms with Gasteiger partial charge in [0.1, 0.15) is 0 Å². The Hall–Kier alpha value is -1.55. The number of alkyl halides is 1. The van der Waals surface area contributed by atoms with Gasteiger partial charge in [-0.05, 0) is 43.7 Å². The third-order valence-electron chi connectivity index (χ3n) is 4.41. The first-order chi connectivity index (χ1) is 11.2. The minimum absolute atomic E-state index is 0.0553. The molecule has 1 fully saturated rings. The van der Waals surface area contributed by atoms with Crippen molar-refractivity contribution >= 4 is 23.5 Å². The molecule has 0 saturated carbocycles. The predicted molar refractivity (Wildman–Crippen MR) is 90.5 cm³/mol. The Kier molecular flexibility index (Phi) is 6.90. The molecule has 2 rings (SSSR count). The van der Waals surface area contributed by atoms with E-state index >= 15 is 0 Å². The van der Waals surface area contributed by atoms with Gasteiger partial charge in [0.25, 0.3) is 5.91 Å². The maximum Gasteiger partial charge on any atom is 0.306 e. The molecule has 4 nitrogen and oxygen atoms in total. The second-order valence-corrected chi connectivity index (χ2v) is 6.29. The van der Waals surface area contributed by atoms with Gasteiger partial charge in [0.2, 0.25) is 0 Å². The van der Waals surface area contributed by atoms with E-state index < -0.39 is 0 Å². The molecule has 126 valence electrons. The van der Waals surface area contributed by atoms with Gasteiger partial charge in [0, 0.05) is 31.0 Å². The molecule has 1 aromatic rings. The smallest absolute Gasteiger partial charge is 0.306 e. The average Bonchev–Trinajstić information content (AvgIpc) is 2.57. The Morgan fingerprint density at radius 1 is 1.26 bits per heavy atom. The molecule has 0 aromatic heterocycles. The van der Waals surface area contributed by atoms with Gasteiger partial charge in [-0.1, -0.05) is 18.2 Å². The van der Waals surface area contributed by atoms with Gasteiger partial charge >= 0.3 is 5.97 Å². The zero-order valence-electron chi connectivity index (χ0n) is 13.5. The van der Waals surface area contributed by atoms with E-state index in [2.05, 4.69) is 0 Å². The molecular formula is C18H24ClNO3. The van der Waals surface area contributed by atoms with Crippen molar-refractivity contribution in [2.45, 2.75) is 26.2 Å². The Morgan fingerprint density at radius 3 is 2.65 bits per heavy atom. The second-order valence-electron chi connectivity index (χ2n) is 5.91. The molecule has 1 aliphatic rings. The third kappa shape index (κ3) is 4.96. The number of halogens is 1. The van der Waals surface area contributed by atoms with Crippen molar-refractivity contribution in [3.63, 3.8) is 0 Å². The van der Waals surface area contributed by atoms with Crippen molar-refractivity contribution in [3.05, 3.63) is 35.9 Å². The maximum atomic E-state index is 12.6. The number of hydrogen-bond donors (Lipinski definition) is 0. The van der Waals surface area contributed by atoms with Gasteiger partial charge in [-0.25, -0.2) is 0 Å². The van der Waals surface area contributed by atoms with Crippen LogP contribution in [-0.2, 0) is 9.53 Å². The molecule has 1 saturated heterocycles. The predicted octanol–water partition coefficient (Wildman–Crippen LogP) is 3.35. The van der Waals surface area contributed by atoms with Crippen LogP contribution in [0.3, 0.4) is 0 Å². The zero-order valence-corrected chi connectivity index (χ0v) is 14.3. The number of amides is 1. The largest absolute Gasteiger partial charge is 0.466 e. The summed E-state index contributed by atoms with van der Waals surface area (Å²) >= 11 is 5.92. The number of carbonyl (C=O) groups excluding carboxylic acids is 2. The Bertz CT molecular complexity index is 520. The molecule has 0 spiro atoms. The van der Waals surface area contributed by atoms with E-state index in [0.29, 0.717) is 37.6 Å². The van der Waals surface area contributed by atoms with Crippen LogP contribution in [0.1, 0.15) is 36.5 Å². The monoisotopic (exact) mass is 337 g/mol. The van der Waals surface area contributed by atoms with Gasteiger partial charge < -0.3 is 9.64 Å². The molecule has 23 heavy (non-hydrogen) atoms. The lowest BCUT2D eigenvalue weighted by Crippen LogP contribution is -2.44. The summed E-state index contributed by atoms with van der Waals surface area (Å²) in [7, 11) is 0. The SMILES string of the molecule is CCOC(=O)C[C@@H]1CCN(C(=O)c2ccccc2)C[C@H]1CCCl. The van der Waals surface area contributed by atoms with Gasteiger partial charge in [0.05, 0.1) is 6.61 Å². The highest BCUT2D eigenvalue weighted by atomic mass is 35.5. The quantitative estimate of drug-likeness (QED) is 0.590. The Morgan fingerprint density at radius 2 is 2.00 bits per heavy atom. The summed E-state index contributed by atoms with van der Waals surface area (Å²) < 4.78 is 5.06. The van der Waals surface area contributed by atoms with E-state index in [1.807, 2.05) is 42.2 Å². The van der Waals surface area contributed by atoms with Gasteiger partial charge in [-0.3, -0.25) is 9.59 Å². The second kappa shape index (κ2) is 8.92. The molecule has 1 aromatic carbocycles. The molecule has 0 unspecified atom stereocenters. The first kappa shape index (κ1) is 17.8. The molecule has 0 aliphatic carbocycles. The van der Waals surface area contributed by atoms with Gasteiger partial charge in [-0.2, -0.15) is 0 Å². The van der Waals surface area contributed by atoms with Crippen LogP contribution in [0.25, 0.3) is 0 Å². The summed E-state index contributed by atoms with van der Waals surface area (Å²) in [5.41, 5.74) is 0.709. The van der Waals surface area contributed by atoms with Crippen LogP contribution in [0, 0.1) is 11.8 Å². The van der Waals surface area contributed by atoms with Crippen LogP contribution < -0.4 is 0 Å². The van der Waals surface area contributed by atoms with E-state index in [4.69, 9.17) is 16.3 Å². The fraction of sp³-hybridized carbons (Fsp3) is 0.556. The average molecular weight is 338 g/mol. The number of piperidine rings is 1. The number of likely N-dealkylation sites (tertiary alicyclic amines) is 1. The number of carbonyl (C=O) groups is 2. The Balaban J connectivity index is 2.00. The van der Waals surface area contributed by atoms with Crippen molar-refractivity contribution in [1.29, 1.82) is 0 Å². The summed E-state index contributed by atoms with van der Waals surface area (Å²) in [4.78, 5) is 26.2. The van der Waals surface area contributed by atoms with Crippen LogP contribution in [0.5, 0.6) is 0 Å². The summed E-state index contributed by atoms with van der Waals surface area (Å²) in [5.74, 6) is 0.933. The first-order valence-electron chi connectivity index (χ1n) is 8.21. The van der Waals surface area contributed by atoms with E-state index in [9.17, 15) is 9.59 Å². The van der Waals surface area contributed by atoms with Crippen molar-refractivity contribution < 1.29 is 14.3 Å². The summed E-state index contributed by atoms with van der Waals surface area (Å²) in [6.45, 7) is 3.56. The number of hydrogen-bond acceptors (Lipinski definition) is 3. The van der Waals surface area contributed by atoms with Crippen molar-refractivity contribution in [2.24, 2.45) is 11.8 Å². The van der Waals surface area contributed by atoms with Crippen LogP contribution in [-0.4, -0.2) is 42.4 Å². The molecule has 0 N–H and O–H groups in total. The van der Waals surface area contributed by atoms with Crippen LogP contribution in [0.4, 0.5) is 0 Å². The van der Waals surface area contributed by atoms with Gasteiger partial charge in [0.15, 0.2) is 0 Å². The maximum absolute atomic E-state index is 12.6. The standard InChI is InChI=1S/C18H24ClNO3/c1-2-23-17(21)12-15-9-11-20(13-16(15)8-10-19)18(22)14-6-4-3-5-7-14/h3-7,15-16H,2,8-13H2,1H3/t15-,16+/m0/s1. The van der Waals surface area contributed by atoms with E-state index in [-0.39, 0.29) is 23.7 Å². The molecule has 1 aliphatic heterocycles. The van der Waals surface area contributed by atoms with Crippen LogP contribution >= 0.6 is 11.6 Å². The number of benzene rings is 1. The van der Waals surface area contributed by atoms with E-state index in [1.165, 1.54) is 0 Å². The number of rotatable bonds is 6. The summed E-state index contributed by atoms with van der Waals surface area (Å²) in [5, 5.41) is 0. The number of esters is 1. The highest BCUT2D eigenvalue weighted by Crippen LogP contribution is 2.30. The molecular weight excluding hydrogens is 314 g/mol. The molecule has 1 amide bonds. The van der Waals surface area contributed by atoms with Gasteiger partial charge in [-0.15, -0.1) is 11.6 Å². The number of nitrogens with zero attached hydrogens (tertiary/aromatic N) is 1. The lowest BCUT2D eigenvalue weighted by Gasteiger charge is -2.38. The van der Waals surface area contributed by atoms with E-state index in [0.717, 1.165) is 12.8 Å². The van der Waals surface area contributed by atoms with Crippen molar-refractivity contribution in [3.8, 4) is 0 Å². The molecule has 0 bridgehead atoms. The zero-order chi connectivity index (χ0) is 16.7. The summed E-state index contributed by atoms with van der Waals surface area (Å²) in [6.07, 6.45) is 2.05.